The van der Waals surface area contributed by atoms with E-state index < -0.39 is 0 Å². The van der Waals surface area contributed by atoms with Crippen molar-refractivity contribution in [3.05, 3.63) is 18.1 Å². The third kappa shape index (κ3) is 1.25. The van der Waals surface area contributed by atoms with Crippen molar-refractivity contribution in [1.82, 2.24) is 25.1 Å². The van der Waals surface area contributed by atoms with E-state index in [1.165, 1.54) is 12.5 Å². The molecular weight excluding hydrogens is 182 g/mol. The first-order valence-electron chi connectivity index (χ1n) is 3.69. The van der Waals surface area contributed by atoms with E-state index in [9.17, 15) is 0 Å². The molecule has 2 aromatic rings. The first-order valence-corrected chi connectivity index (χ1v) is 3.69. The Kier molecular flexibility index (Phi) is 1.80. The summed E-state index contributed by atoms with van der Waals surface area (Å²) < 4.78 is 0. The van der Waals surface area contributed by atoms with Crippen molar-refractivity contribution in [1.29, 1.82) is 5.26 Å². The molecule has 0 spiro atoms. The zero-order valence-corrected chi connectivity index (χ0v) is 6.97. The van der Waals surface area contributed by atoms with Gasteiger partial charge in [0.15, 0.2) is 11.6 Å². The van der Waals surface area contributed by atoms with Gasteiger partial charge < -0.3 is 5.73 Å². The second-order valence-corrected chi connectivity index (χ2v) is 2.44. The molecule has 0 saturated carbocycles. The number of nitrogens with zero attached hydrogens (tertiary/aromatic N) is 5. The molecule has 14 heavy (non-hydrogen) atoms. The lowest BCUT2D eigenvalue weighted by molar-refractivity contribution is 1.06. The van der Waals surface area contributed by atoms with Gasteiger partial charge in [0, 0.05) is 0 Å². The second-order valence-electron chi connectivity index (χ2n) is 2.44. The average molecular weight is 187 g/mol. The van der Waals surface area contributed by atoms with Gasteiger partial charge in [-0.2, -0.15) is 10.4 Å². The molecule has 0 atom stereocenters. The summed E-state index contributed by atoms with van der Waals surface area (Å²) in [4.78, 5) is 11.7. The van der Waals surface area contributed by atoms with Crippen LogP contribution in [0, 0.1) is 11.3 Å². The molecule has 2 rings (SSSR count). The minimum absolute atomic E-state index is 0.133. The van der Waals surface area contributed by atoms with Crippen LogP contribution in [0.25, 0.3) is 11.6 Å². The van der Waals surface area contributed by atoms with E-state index in [1.54, 1.807) is 0 Å². The summed E-state index contributed by atoms with van der Waals surface area (Å²) in [6, 6.07) is 1.87. The maximum Gasteiger partial charge on any atom is 0.199 e. The van der Waals surface area contributed by atoms with Crippen LogP contribution in [0.1, 0.15) is 5.56 Å². The predicted molar refractivity (Wildman–Crippen MR) is 46.5 cm³/mol. The number of aromatic nitrogens is 5. The topological polar surface area (TPSA) is 117 Å². The standard InChI is InChI=1S/C7H5N7/c8-1-4-2-10-6(13-5(4)9)7-11-3-12-14-7/h2-3H,(H2,9,10,13)(H,11,12,14). The maximum absolute atomic E-state index is 8.59. The molecule has 0 aliphatic heterocycles. The highest BCUT2D eigenvalue weighted by molar-refractivity contribution is 5.52. The average Bonchev–Trinajstić information content (AvgIpc) is 2.70. The minimum atomic E-state index is 0.133. The summed E-state index contributed by atoms with van der Waals surface area (Å²) >= 11 is 0. The van der Waals surface area contributed by atoms with Crippen LogP contribution in [-0.4, -0.2) is 25.1 Å². The molecule has 0 aromatic carbocycles. The summed E-state index contributed by atoms with van der Waals surface area (Å²) in [5.41, 5.74) is 5.75. The SMILES string of the molecule is N#Cc1cnc(-c2ncn[nH]2)nc1N. The number of nitriles is 1. The summed E-state index contributed by atoms with van der Waals surface area (Å²) in [6.07, 6.45) is 2.69. The van der Waals surface area contributed by atoms with E-state index in [1.807, 2.05) is 6.07 Å². The van der Waals surface area contributed by atoms with Crippen molar-refractivity contribution >= 4 is 5.82 Å². The molecule has 3 N–H and O–H groups in total. The van der Waals surface area contributed by atoms with Crippen LogP contribution < -0.4 is 5.73 Å². The van der Waals surface area contributed by atoms with Crippen molar-refractivity contribution in [2.45, 2.75) is 0 Å². The Morgan fingerprint density at radius 3 is 2.86 bits per heavy atom. The van der Waals surface area contributed by atoms with Gasteiger partial charge in [0.05, 0.1) is 6.20 Å². The smallest absolute Gasteiger partial charge is 0.199 e. The van der Waals surface area contributed by atoms with Crippen LogP contribution in [0.4, 0.5) is 5.82 Å². The van der Waals surface area contributed by atoms with Crippen molar-refractivity contribution in [3.63, 3.8) is 0 Å². The van der Waals surface area contributed by atoms with Crippen LogP contribution in [0.15, 0.2) is 12.5 Å². The zero-order valence-electron chi connectivity index (χ0n) is 6.97. The molecule has 0 saturated heterocycles. The molecule has 0 aliphatic carbocycles. The van der Waals surface area contributed by atoms with E-state index in [0.29, 0.717) is 11.6 Å². The molecule has 0 bridgehead atoms. The van der Waals surface area contributed by atoms with E-state index in [2.05, 4.69) is 25.1 Å². The first-order chi connectivity index (χ1) is 6.81. The fraction of sp³-hybridized carbons (Fsp3) is 0. The van der Waals surface area contributed by atoms with Crippen LogP contribution in [-0.2, 0) is 0 Å². The number of nitrogen functional groups attached to an aromatic ring is 1. The summed E-state index contributed by atoms with van der Waals surface area (Å²) in [6.45, 7) is 0. The van der Waals surface area contributed by atoms with Crippen LogP contribution in [0.2, 0.25) is 0 Å². The monoisotopic (exact) mass is 187 g/mol. The highest BCUT2D eigenvalue weighted by Crippen LogP contribution is 2.11. The number of H-pyrrole nitrogens is 1. The largest absolute Gasteiger partial charge is 0.382 e. The van der Waals surface area contributed by atoms with Crippen molar-refractivity contribution in [2.75, 3.05) is 5.73 Å². The van der Waals surface area contributed by atoms with Gasteiger partial charge in [-0.25, -0.2) is 15.0 Å². The van der Waals surface area contributed by atoms with Gasteiger partial charge in [-0.3, -0.25) is 5.10 Å². The third-order valence-corrected chi connectivity index (χ3v) is 1.57. The molecule has 0 radical (unpaired) electrons. The lowest BCUT2D eigenvalue weighted by Gasteiger charge is -1.97. The van der Waals surface area contributed by atoms with Gasteiger partial charge in [0.1, 0.15) is 23.8 Å². The van der Waals surface area contributed by atoms with Crippen LogP contribution in [0.3, 0.4) is 0 Å². The third-order valence-electron chi connectivity index (χ3n) is 1.57. The second kappa shape index (κ2) is 3.10. The van der Waals surface area contributed by atoms with Gasteiger partial charge in [-0.1, -0.05) is 0 Å². The zero-order chi connectivity index (χ0) is 9.97. The van der Waals surface area contributed by atoms with E-state index in [-0.39, 0.29) is 11.4 Å². The number of aromatic amines is 1. The Morgan fingerprint density at radius 2 is 2.29 bits per heavy atom. The molecule has 7 nitrogen and oxygen atoms in total. The van der Waals surface area contributed by atoms with Gasteiger partial charge in [-0.15, -0.1) is 0 Å². The normalized spacial score (nSPS) is 9.64. The van der Waals surface area contributed by atoms with E-state index in [4.69, 9.17) is 11.0 Å². The maximum atomic E-state index is 8.59. The highest BCUT2D eigenvalue weighted by atomic mass is 15.2. The Hall–Kier alpha value is -2.49. The lowest BCUT2D eigenvalue weighted by atomic mass is 10.3. The molecule has 0 amide bonds. The van der Waals surface area contributed by atoms with E-state index in [0.717, 1.165) is 0 Å². The molecule has 0 aliphatic rings. The van der Waals surface area contributed by atoms with Crippen molar-refractivity contribution in [2.24, 2.45) is 0 Å². The Bertz CT molecular complexity index is 481. The summed E-state index contributed by atoms with van der Waals surface area (Å²) in [5.74, 6) is 0.870. The van der Waals surface area contributed by atoms with Crippen LogP contribution >= 0.6 is 0 Å². The van der Waals surface area contributed by atoms with Crippen molar-refractivity contribution < 1.29 is 0 Å². The lowest BCUT2D eigenvalue weighted by Crippen LogP contribution is -1.99. The number of hydrogen-bond donors (Lipinski definition) is 2. The first kappa shape index (κ1) is 8.12. The fourth-order valence-corrected chi connectivity index (χ4v) is 0.908. The molecule has 0 fully saturated rings. The fourth-order valence-electron chi connectivity index (χ4n) is 0.908. The number of nitrogens with one attached hydrogen (secondary N) is 1. The summed E-state index contributed by atoms with van der Waals surface area (Å²) in [5, 5.41) is 14.8. The number of anilines is 1. The molecular formula is C7H5N7. The van der Waals surface area contributed by atoms with Gasteiger partial charge in [0.2, 0.25) is 0 Å². The number of rotatable bonds is 1. The van der Waals surface area contributed by atoms with Gasteiger partial charge >= 0.3 is 0 Å². The van der Waals surface area contributed by atoms with Crippen LogP contribution in [0.5, 0.6) is 0 Å². The van der Waals surface area contributed by atoms with E-state index >= 15 is 0 Å². The Morgan fingerprint density at radius 1 is 1.43 bits per heavy atom. The molecule has 7 heteroatoms. The quantitative estimate of drug-likeness (QED) is 0.633. The van der Waals surface area contributed by atoms with Gasteiger partial charge in [-0.05, 0) is 0 Å². The predicted octanol–water partition coefficient (Wildman–Crippen LogP) is -0.284. The number of hydrogen-bond acceptors (Lipinski definition) is 6. The van der Waals surface area contributed by atoms with Crippen molar-refractivity contribution in [3.8, 4) is 17.7 Å². The molecule has 2 heterocycles. The highest BCUT2D eigenvalue weighted by Gasteiger charge is 2.07. The number of nitrogens with two attached hydrogens (primary N) is 1. The minimum Gasteiger partial charge on any atom is -0.382 e. The Labute approximate surface area is 78.6 Å². The Balaban J connectivity index is 2.49. The van der Waals surface area contributed by atoms with Gasteiger partial charge in [0.25, 0.3) is 0 Å². The molecule has 0 unspecified atom stereocenters. The molecule has 68 valence electrons. The molecule has 2 aromatic heterocycles. The summed E-state index contributed by atoms with van der Waals surface area (Å²) in [7, 11) is 0.